The quantitative estimate of drug-likeness (QED) is 0.643. The summed E-state index contributed by atoms with van der Waals surface area (Å²) in [5, 5.41) is 25.6. The average molecular weight is 375 g/mol. The van der Waals surface area contributed by atoms with Crippen LogP contribution in [0, 0.1) is 0 Å². The minimum absolute atomic E-state index is 0.0230. The summed E-state index contributed by atoms with van der Waals surface area (Å²) in [5.74, 6) is -0.469. The fourth-order valence-electron chi connectivity index (χ4n) is 2.92. The molecule has 128 valence electrons. The summed E-state index contributed by atoms with van der Waals surface area (Å²) in [5.41, 5.74) is 0.956. The van der Waals surface area contributed by atoms with Gasteiger partial charge in [-0.15, -0.1) is 21.5 Å². The number of rotatable bonds is 4. The van der Waals surface area contributed by atoms with Gasteiger partial charge in [-0.3, -0.25) is 5.32 Å². The molecule has 1 aliphatic heterocycles. The molecule has 25 heavy (non-hydrogen) atoms. The van der Waals surface area contributed by atoms with E-state index >= 15 is 0 Å². The lowest BCUT2D eigenvalue weighted by atomic mass is 10.1. The fraction of sp³-hybridized carbons (Fsp3) is 0.235. The molecule has 0 radical (unpaired) electrons. The number of thiophene rings is 1. The zero-order chi connectivity index (χ0) is 17.4. The molecule has 0 aliphatic carbocycles. The molecule has 1 aliphatic rings. The molecule has 8 heteroatoms. The van der Waals surface area contributed by atoms with E-state index in [4.69, 9.17) is 11.6 Å². The number of carbonyl (C=O) groups is 1. The maximum atomic E-state index is 11.5. The van der Waals surface area contributed by atoms with E-state index in [9.17, 15) is 9.90 Å². The lowest BCUT2D eigenvalue weighted by Gasteiger charge is -2.13. The maximum Gasteiger partial charge on any atom is 0.357 e. The largest absolute Gasteiger partial charge is 0.476 e. The Kier molecular flexibility index (Phi) is 4.29. The van der Waals surface area contributed by atoms with Gasteiger partial charge >= 0.3 is 5.97 Å². The minimum atomic E-state index is -1.08. The third kappa shape index (κ3) is 3.18. The van der Waals surface area contributed by atoms with E-state index in [-0.39, 0.29) is 11.9 Å². The lowest BCUT2D eigenvalue weighted by molar-refractivity contribution is 0.0692. The molecular weight excluding hydrogens is 360 g/mol. The van der Waals surface area contributed by atoms with Gasteiger partial charge in [0.25, 0.3) is 0 Å². The van der Waals surface area contributed by atoms with Crippen LogP contribution in [-0.4, -0.2) is 34.0 Å². The number of aromatic carboxylic acids is 1. The molecule has 0 amide bonds. The van der Waals surface area contributed by atoms with E-state index < -0.39 is 5.97 Å². The predicted molar refractivity (Wildman–Crippen MR) is 99.5 cm³/mol. The van der Waals surface area contributed by atoms with Crippen LogP contribution in [0.3, 0.4) is 0 Å². The Morgan fingerprint density at radius 3 is 2.80 bits per heavy atom. The Hall–Kier alpha value is -2.22. The van der Waals surface area contributed by atoms with Crippen LogP contribution in [0.4, 0.5) is 5.82 Å². The molecule has 1 fully saturated rings. The number of nitrogens with zero attached hydrogens (tertiary/aromatic N) is 2. The van der Waals surface area contributed by atoms with Crippen LogP contribution in [0.2, 0.25) is 5.02 Å². The first kappa shape index (κ1) is 16.3. The van der Waals surface area contributed by atoms with Crippen LogP contribution in [-0.2, 0) is 0 Å². The van der Waals surface area contributed by atoms with Gasteiger partial charge in [-0.25, -0.2) is 4.79 Å². The molecule has 0 spiro atoms. The molecule has 0 bridgehead atoms. The van der Waals surface area contributed by atoms with Gasteiger partial charge in [-0.1, -0.05) is 23.7 Å². The second-order valence-electron chi connectivity index (χ2n) is 5.86. The summed E-state index contributed by atoms with van der Waals surface area (Å²) in [6.45, 7) is 0.959. The fourth-order valence-corrected chi connectivity index (χ4v) is 4.18. The van der Waals surface area contributed by atoms with Crippen LogP contribution < -0.4 is 10.6 Å². The van der Waals surface area contributed by atoms with E-state index in [1.165, 1.54) is 11.3 Å². The molecule has 3 aromatic rings. The average Bonchev–Trinajstić information content (AvgIpc) is 3.25. The van der Waals surface area contributed by atoms with Crippen LogP contribution in [0.1, 0.15) is 23.3 Å². The van der Waals surface area contributed by atoms with E-state index in [0.717, 1.165) is 35.2 Å². The van der Waals surface area contributed by atoms with Crippen molar-refractivity contribution in [2.75, 3.05) is 11.9 Å². The first-order valence-electron chi connectivity index (χ1n) is 7.91. The van der Waals surface area contributed by atoms with Crippen molar-refractivity contribution < 1.29 is 9.90 Å². The summed E-state index contributed by atoms with van der Waals surface area (Å²) < 4.78 is 0.618. The Morgan fingerprint density at radius 1 is 1.32 bits per heavy atom. The second-order valence-corrected chi connectivity index (χ2v) is 7.34. The number of benzene rings is 1. The van der Waals surface area contributed by atoms with Crippen molar-refractivity contribution in [1.82, 2.24) is 15.5 Å². The SMILES string of the molecule is O=C(O)c1nnc(NC2CCCN2)c2cc(-c3ccc(Cl)cc3)sc12. The van der Waals surface area contributed by atoms with Crippen molar-refractivity contribution in [2.24, 2.45) is 0 Å². The lowest BCUT2D eigenvalue weighted by Crippen LogP contribution is -2.30. The number of carboxylic acid groups (broad SMARTS) is 1. The molecule has 1 unspecified atom stereocenters. The smallest absolute Gasteiger partial charge is 0.357 e. The van der Waals surface area contributed by atoms with Gasteiger partial charge < -0.3 is 10.4 Å². The van der Waals surface area contributed by atoms with Gasteiger partial charge in [0, 0.05) is 15.3 Å². The Labute approximate surface area is 152 Å². The summed E-state index contributed by atoms with van der Waals surface area (Å²) >= 11 is 7.35. The molecule has 0 saturated carbocycles. The first-order valence-corrected chi connectivity index (χ1v) is 9.10. The van der Waals surface area contributed by atoms with E-state index in [0.29, 0.717) is 15.5 Å². The second kappa shape index (κ2) is 6.59. The van der Waals surface area contributed by atoms with Crippen LogP contribution in [0.15, 0.2) is 30.3 Å². The van der Waals surface area contributed by atoms with Gasteiger partial charge in [0.1, 0.15) is 0 Å². The first-order chi connectivity index (χ1) is 12.1. The number of fused-ring (bicyclic) bond motifs is 1. The molecule has 4 rings (SSSR count). The van der Waals surface area contributed by atoms with Crippen molar-refractivity contribution in [3.8, 4) is 10.4 Å². The summed E-state index contributed by atoms with van der Waals surface area (Å²) in [6, 6.07) is 9.43. The van der Waals surface area contributed by atoms with E-state index in [1.807, 2.05) is 30.3 Å². The maximum absolute atomic E-state index is 11.5. The van der Waals surface area contributed by atoms with E-state index in [2.05, 4.69) is 20.8 Å². The highest BCUT2D eigenvalue weighted by atomic mass is 35.5. The van der Waals surface area contributed by atoms with E-state index in [1.54, 1.807) is 0 Å². The van der Waals surface area contributed by atoms with Gasteiger partial charge in [0.05, 0.1) is 10.9 Å². The predicted octanol–water partition coefficient (Wildman–Crippen LogP) is 3.83. The highest BCUT2D eigenvalue weighted by molar-refractivity contribution is 7.22. The zero-order valence-electron chi connectivity index (χ0n) is 13.1. The number of carboxylic acids is 1. The van der Waals surface area contributed by atoms with Gasteiger partial charge in [0.15, 0.2) is 11.5 Å². The van der Waals surface area contributed by atoms with Crippen molar-refractivity contribution in [1.29, 1.82) is 0 Å². The summed E-state index contributed by atoms with van der Waals surface area (Å²) in [6.07, 6.45) is 2.23. The van der Waals surface area contributed by atoms with Crippen LogP contribution >= 0.6 is 22.9 Å². The highest BCUT2D eigenvalue weighted by Gasteiger charge is 2.21. The number of anilines is 1. The van der Waals surface area contributed by atoms with Gasteiger partial charge in [-0.05, 0) is 43.1 Å². The normalized spacial score (nSPS) is 17.1. The molecule has 3 N–H and O–H groups in total. The molecule has 2 aromatic heterocycles. The third-order valence-electron chi connectivity index (χ3n) is 4.15. The number of hydrogen-bond donors (Lipinski definition) is 3. The monoisotopic (exact) mass is 374 g/mol. The molecular formula is C17H15ClN4O2S. The molecule has 3 heterocycles. The summed E-state index contributed by atoms with van der Waals surface area (Å²) in [7, 11) is 0. The Bertz CT molecular complexity index is 936. The topological polar surface area (TPSA) is 87.1 Å². The molecule has 1 atom stereocenters. The van der Waals surface area contributed by atoms with Gasteiger partial charge in [0.2, 0.25) is 0 Å². The molecule has 1 aromatic carbocycles. The van der Waals surface area contributed by atoms with Crippen LogP contribution in [0.5, 0.6) is 0 Å². The molecule has 1 saturated heterocycles. The van der Waals surface area contributed by atoms with Crippen LogP contribution in [0.25, 0.3) is 20.5 Å². The zero-order valence-corrected chi connectivity index (χ0v) is 14.7. The number of nitrogens with one attached hydrogen (secondary N) is 2. The summed E-state index contributed by atoms with van der Waals surface area (Å²) in [4.78, 5) is 12.5. The van der Waals surface area contributed by atoms with Crippen molar-refractivity contribution in [3.63, 3.8) is 0 Å². The Morgan fingerprint density at radius 2 is 2.12 bits per heavy atom. The van der Waals surface area contributed by atoms with Crippen molar-refractivity contribution in [2.45, 2.75) is 19.0 Å². The Balaban J connectivity index is 1.82. The molecule has 6 nitrogen and oxygen atoms in total. The highest BCUT2D eigenvalue weighted by Crippen LogP contribution is 2.38. The van der Waals surface area contributed by atoms with Gasteiger partial charge in [-0.2, -0.15) is 0 Å². The third-order valence-corrected chi connectivity index (χ3v) is 5.60. The van der Waals surface area contributed by atoms with Crippen molar-refractivity contribution >= 4 is 44.8 Å². The number of halogens is 1. The standard InChI is InChI=1S/C17H15ClN4O2S/c18-10-5-3-9(4-6-10)12-8-11-15(25-12)14(17(23)24)21-22-16(11)20-13-2-1-7-19-13/h3-6,8,13,19H,1-2,7H2,(H,20,22)(H,23,24). The number of hydrogen-bond acceptors (Lipinski definition) is 6. The number of aromatic nitrogens is 2. The minimum Gasteiger partial charge on any atom is -0.476 e. The van der Waals surface area contributed by atoms with Crippen molar-refractivity contribution in [3.05, 3.63) is 41.0 Å².